The van der Waals surface area contributed by atoms with E-state index in [-0.39, 0.29) is 5.91 Å². The zero-order valence-corrected chi connectivity index (χ0v) is 15.7. The number of thiophene rings is 1. The molecule has 138 valence electrons. The molecule has 1 amide bonds. The molecule has 0 aliphatic carbocycles. The Kier molecular flexibility index (Phi) is 5.41. The minimum atomic E-state index is -0.0939. The molecule has 4 heterocycles. The summed E-state index contributed by atoms with van der Waals surface area (Å²) in [4.78, 5) is 26.2. The van der Waals surface area contributed by atoms with E-state index in [4.69, 9.17) is 0 Å². The summed E-state index contributed by atoms with van der Waals surface area (Å²) < 4.78 is 0. The Morgan fingerprint density at radius 1 is 1.07 bits per heavy atom. The summed E-state index contributed by atoms with van der Waals surface area (Å²) >= 11 is 1.43. The van der Waals surface area contributed by atoms with Crippen molar-refractivity contribution in [3.63, 3.8) is 0 Å². The molecule has 0 saturated carbocycles. The van der Waals surface area contributed by atoms with Gasteiger partial charge in [-0.25, -0.2) is 4.98 Å². The fraction of sp³-hybridized carbons (Fsp3) is 0.250. The zero-order chi connectivity index (χ0) is 18.5. The summed E-state index contributed by atoms with van der Waals surface area (Å²) in [5.74, 6) is 0.855. The van der Waals surface area contributed by atoms with Crippen LogP contribution in [0.1, 0.15) is 15.2 Å². The first-order chi connectivity index (χ1) is 13.3. The molecule has 1 saturated heterocycles. The Bertz CT molecular complexity index is 859. The van der Waals surface area contributed by atoms with Crippen molar-refractivity contribution in [2.24, 2.45) is 0 Å². The largest absolute Gasteiger partial charge is 0.354 e. The van der Waals surface area contributed by atoms with Gasteiger partial charge in [-0.05, 0) is 35.2 Å². The van der Waals surface area contributed by atoms with E-state index in [0.29, 0.717) is 10.6 Å². The molecule has 1 fully saturated rings. The second-order valence-electron chi connectivity index (χ2n) is 6.46. The number of nitrogens with zero attached hydrogens (tertiary/aromatic N) is 4. The van der Waals surface area contributed by atoms with Gasteiger partial charge in [0.05, 0.1) is 16.8 Å². The van der Waals surface area contributed by atoms with Crippen LogP contribution in [0.25, 0.3) is 0 Å². The summed E-state index contributed by atoms with van der Waals surface area (Å²) in [6, 6.07) is 11.7. The number of piperazine rings is 1. The Morgan fingerprint density at radius 2 is 1.96 bits per heavy atom. The molecule has 0 radical (unpaired) electrons. The molecule has 0 atom stereocenters. The number of amides is 1. The van der Waals surface area contributed by atoms with Crippen molar-refractivity contribution in [3.8, 4) is 0 Å². The molecular weight excluding hydrogens is 358 g/mol. The van der Waals surface area contributed by atoms with Gasteiger partial charge in [-0.15, -0.1) is 11.3 Å². The van der Waals surface area contributed by atoms with Gasteiger partial charge in [-0.2, -0.15) is 0 Å². The number of anilines is 2. The van der Waals surface area contributed by atoms with Crippen LogP contribution < -0.4 is 10.2 Å². The Labute approximate surface area is 162 Å². The summed E-state index contributed by atoms with van der Waals surface area (Å²) in [5, 5.41) is 4.78. The quantitative estimate of drug-likeness (QED) is 0.738. The maximum absolute atomic E-state index is 12.1. The van der Waals surface area contributed by atoms with Crippen molar-refractivity contribution < 1.29 is 4.79 Å². The number of hydrogen-bond donors (Lipinski definition) is 1. The Hall–Kier alpha value is -2.77. The molecule has 0 spiro atoms. The highest BCUT2D eigenvalue weighted by Gasteiger charge is 2.18. The number of pyridine rings is 2. The average Bonchev–Trinajstić information content (AvgIpc) is 3.25. The van der Waals surface area contributed by atoms with E-state index in [0.717, 1.165) is 38.5 Å². The van der Waals surface area contributed by atoms with Crippen molar-refractivity contribution >= 4 is 28.7 Å². The smallest absolute Gasteiger partial charge is 0.265 e. The van der Waals surface area contributed by atoms with E-state index in [2.05, 4.69) is 31.2 Å². The van der Waals surface area contributed by atoms with Gasteiger partial charge in [0.15, 0.2) is 0 Å². The minimum Gasteiger partial charge on any atom is -0.354 e. The van der Waals surface area contributed by atoms with Crippen LogP contribution >= 0.6 is 11.3 Å². The lowest BCUT2D eigenvalue weighted by Crippen LogP contribution is -2.46. The van der Waals surface area contributed by atoms with Crippen molar-refractivity contribution in [2.45, 2.75) is 6.54 Å². The second kappa shape index (κ2) is 8.28. The van der Waals surface area contributed by atoms with Crippen molar-refractivity contribution in [3.05, 3.63) is 70.8 Å². The Balaban J connectivity index is 1.30. The van der Waals surface area contributed by atoms with Crippen molar-refractivity contribution in [1.82, 2.24) is 14.9 Å². The predicted molar refractivity (Wildman–Crippen MR) is 108 cm³/mol. The van der Waals surface area contributed by atoms with Gasteiger partial charge < -0.3 is 10.2 Å². The number of nitrogens with one attached hydrogen (secondary N) is 1. The summed E-state index contributed by atoms with van der Waals surface area (Å²) in [7, 11) is 0. The second-order valence-corrected chi connectivity index (χ2v) is 7.41. The fourth-order valence-electron chi connectivity index (χ4n) is 3.13. The van der Waals surface area contributed by atoms with E-state index in [1.165, 1.54) is 16.9 Å². The average molecular weight is 379 g/mol. The van der Waals surface area contributed by atoms with Crippen LogP contribution in [0.4, 0.5) is 11.5 Å². The van der Waals surface area contributed by atoms with E-state index in [9.17, 15) is 4.79 Å². The number of rotatable bonds is 5. The third kappa shape index (κ3) is 4.50. The molecule has 7 heteroatoms. The Morgan fingerprint density at radius 3 is 2.63 bits per heavy atom. The van der Waals surface area contributed by atoms with E-state index < -0.39 is 0 Å². The summed E-state index contributed by atoms with van der Waals surface area (Å²) in [6.45, 7) is 4.80. The molecule has 1 N–H and O–H groups in total. The molecule has 3 aromatic rings. The van der Waals surface area contributed by atoms with Crippen LogP contribution in [0.5, 0.6) is 0 Å². The molecular formula is C20H21N5OS. The third-order valence-corrected chi connectivity index (χ3v) is 5.44. The van der Waals surface area contributed by atoms with E-state index >= 15 is 0 Å². The maximum atomic E-state index is 12.1. The van der Waals surface area contributed by atoms with Gasteiger partial charge in [-0.3, -0.25) is 14.7 Å². The maximum Gasteiger partial charge on any atom is 0.265 e. The molecule has 27 heavy (non-hydrogen) atoms. The number of carbonyl (C=O) groups is 1. The molecule has 0 bridgehead atoms. The minimum absolute atomic E-state index is 0.0939. The van der Waals surface area contributed by atoms with Crippen LogP contribution in [0.2, 0.25) is 0 Å². The van der Waals surface area contributed by atoms with E-state index in [1.54, 1.807) is 12.4 Å². The van der Waals surface area contributed by atoms with Gasteiger partial charge in [0.1, 0.15) is 5.82 Å². The highest BCUT2D eigenvalue weighted by atomic mass is 32.1. The van der Waals surface area contributed by atoms with Gasteiger partial charge in [0, 0.05) is 45.1 Å². The van der Waals surface area contributed by atoms with Crippen molar-refractivity contribution in [2.75, 3.05) is 36.4 Å². The van der Waals surface area contributed by atoms with Crippen LogP contribution in [0, 0.1) is 0 Å². The molecule has 3 aromatic heterocycles. The SMILES string of the molecule is O=C(Nc1ccc(N2CCN(Cc3cccnc3)CC2)nc1)c1cccs1. The highest BCUT2D eigenvalue weighted by Crippen LogP contribution is 2.18. The van der Waals surface area contributed by atoms with Crippen molar-refractivity contribution in [1.29, 1.82) is 0 Å². The van der Waals surface area contributed by atoms with Crippen LogP contribution in [0.15, 0.2) is 60.4 Å². The lowest BCUT2D eigenvalue weighted by molar-refractivity contribution is 0.103. The first-order valence-corrected chi connectivity index (χ1v) is 9.83. The highest BCUT2D eigenvalue weighted by molar-refractivity contribution is 7.12. The first-order valence-electron chi connectivity index (χ1n) is 8.95. The molecule has 6 nitrogen and oxygen atoms in total. The standard InChI is InChI=1S/C20H21N5OS/c26-20(18-4-2-12-27-18)23-17-5-6-19(22-14-17)25-10-8-24(9-11-25)15-16-3-1-7-21-13-16/h1-7,12-14H,8-11,15H2,(H,23,26). The fourth-order valence-corrected chi connectivity index (χ4v) is 3.75. The lowest BCUT2D eigenvalue weighted by Gasteiger charge is -2.35. The number of aromatic nitrogens is 2. The lowest BCUT2D eigenvalue weighted by atomic mass is 10.2. The summed E-state index contributed by atoms with van der Waals surface area (Å²) in [5.41, 5.74) is 1.96. The van der Waals surface area contributed by atoms with Gasteiger partial charge in [0.2, 0.25) is 0 Å². The monoisotopic (exact) mass is 379 g/mol. The topological polar surface area (TPSA) is 61.4 Å². The summed E-state index contributed by atoms with van der Waals surface area (Å²) in [6.07, 6.45) is 5.46. The van der Waals surface area contributed by atoms with Crippen LogP contribution in [-0.4, -0.2) is 47.0 Å². The number of hydrogen-bond acceptors (Lipinski definition) is 6. The van der Waals surface area contributed by atoms with Gasteiger partial charge in [0.25, 0.3) is 5.91 Å². The van der Waals surface area contributed by atoms with Gasteiger partial charge >= 0.3 is 0 Å². The molecule has 0 aromatic carbocycles. The zero-order valence-electron chi connectivity index (χ0n) is 14.9. The number of carbonyl (C=O) groups excluding carboxylic acids is 1. The normalized spacial score (nSPS) is 14.9. The molecule has 1 aliphatic heterocycles. The molecule has 1 aliphatic rings. The predicted octanol–water partition coefficient (Wildman–Crippen LogP) is 3.11. The molecule has 4 rings (SSSR count). The van der Waals surface area contributed by atoms with Crippen LogP contribution in [-0.2, 0) is 6.54 Å². The first kappa shape index (κ1) is 17.6. The molecule has 0 unspecified atom stereocenters. The van der Waals surface area contributed by atoms with Crippen LogP contribution in [0.3, 0.4) is 0 Å². The van der Waals surface area contributed by atoms with Gasteiger partial charge in [-0.1, -0.05) is 12.1 Å². The van der Waals surface area contributed by atoms with E-state index in [1.807, 2.05) is 41.9 Å². The third-order valence-electron chi connectivity index (χ3n) is 4.58.